The minimum Gasteiger partial charge on any atom is -0.491 e. The summed E-state index contributed by atoms with van der Waals surface area (Å²) in [4.78, 5) is 0. The highest BCUT2D eigenvalue weighted by Crippen LogP contribution is 2.37. The molecular weight excluding hydrogens is 352 g/mol. The molecule has 2 aromatic rings. The normalized spacial score (nSPS) is 10.8. The van der Waals surface area contributed by atoms with E-state index in [0.29, 0.717) is 11.6 Å². The molecule has 0 spiro atoms. The zero-order valence-electron chi connectivity index (χ0n) is 12.8. The minimum absolute atomic E-state index is 0.610. The molecule has 3 nitrogen and oxygen atoms in total. The van der Waals surface area contributed by atoms with Gasteiger partial charge in [0, 0.05) is 30.0 Å². The quantitative estimate of drug-likeness (QED) is 0.794. The van der Waals surface area contributed by atoms with Gasteiger partial charge in [0.15, 0.2) is 5.75 Å². The maximum Gasteiger partial charge on any atom is 0.156 e. The van der Waals surface area contributed by atoms with Crippen LogP contribution in [0.3, 0.4) is 0 Å². The van der Waals surface area contributed by atoms with Crippen molar-refractivity contribution in [2.24, 2.45) is 7.05 Å². The van der Waals surface area contributed by atoms with E-state index in [0.717, 1.165) is 22.5 Å². The van der Waals surface area contributed by atoms with Gasteiger partial charge in [0.25, 0.3) is 0 Å². The number of hydrogen-bond acceptors (Lipinski definition) is 2. The number of nitrogens with one attached hydrogen (secondary N) is 1. The highest BCUT2D eigenvalue weighted by Gasteiger charge is 2.11. The van der Waals surface area contributed by atoms with Crippen molar-refractivity contribution in [3.05, 3.63) is 44.6 Å². The van der Waals surface area contributed by atoms with Gasteiger partial charge in [-0.15, -0.1) is 0 Å². The average molecular weight is 372 g/mol. The van der Waals surface area contributed by atoms with Crippen molar-refractivity contribution in [1.29, 1.82) is 0 Å². The van der Waals surface area contributed by atoms with E-state index in [1.807, 2.05) is 19.1 Å². The van der Waals surface area contributed by atoms with Crippen LogP contribution in [0.15, 0.2) is 22.7 Å². The fourth-order valence-electron chi connectivity index (χ4n) is 2.29. The van der Waals surface area contributed by atoms with Gasteiger partial charge in [-0.2, -0.15) is 0 Å². The predicted octanol–water partition coefficient (Wildman–Crippen LogP) is 5.07. The Kier molecular flexibility index (Phi) is 5.22. The van der Waals surface area contributed by atoms with Gasteiger partial charge in [-0.3, -0.25) is 0 Å². The van der Waals surface area contributed by atoms with Crippen LogP contribution >= 0.6 is 27.5 Å². The molecule has 0 aliphatic rings. The lowest BCUT2D eigenvalue weighted by Gasteiger charge is -2.14. The Hall–Kier alpha value is -1.13. The predicted molar refractivity (Wildman–Crippen MR) is 92.5 cm³/mol. The Morgan fingerprint density at radius 1 is 1.29 bits per heavy atom. The van der Waals surface area contributed by atoms with Crippen molar-refractivity contribution in [3.8, 4) is 5.75 Å². The van der Waals surface area contributed by atoms with E-state index in [1.54, 1.807) is 0 Å². The number of nitrogens with zero attached hydrogens (tertiary/aromatic N) is 1. The van der Waals surface area contributed by atoms with Gasteiger partial charge in [0.2, 0.25) is 0 Å². The number of rotatable bonds is 5. The van der Waals surface area contributed by atoms with Crippen LogP contribution in [0, 0.1) is 13.8 Å². The highest BCUT2D eigenvalue weighted by molar-refractivity contribution is 9.10. The number of aryl methyl sites for hydroxylation is 1. The summed E-state index contributed by atoms with van der Waals surface area (Å²) in [6.45, 7) is 7.55. The van der Waals surface area contributed by atoms with E-state index >= 15 is 0 Å². The molecular formula is C16H20BrClN2O. The van der Waals surface area contributed by atoms with Crippen LogP contribution in [-0.2, 0) is 13.6 Å². The lowest BCUT2D eigenvalue weighted by atomic mass is 10.2. The third-order valence-corrected chi connectivity index (χ3v) is 4.45. The van der Waals surface area contributed by atoms with Crippen molar-refractivity contribution in [3.63, 3.8) is 0 Å². The van der Waals surface area contributed by atoms with Gasteiger partial charge in [-0.25, -0.2) is 0 Å². The maximum atomic E-state index is 6.13. The van der Waals surface area contributed by atoms with Crippen LogP contribution in [0.5, 0.6) is 5.75 Å². The molecule has 0 bridgehead atoms. The fourth-order valence-corrected chi connectivity index (χ4v) is 3.21. The standard InChI is InChI=1S/C16H20BrClN2O/c1-5-21-16-14(17)7-13(18)8-15(16)19-9-12-6-10(2)20(4)11(12)3/h6-8,19H,5,9H2,1-4H3. The second kappa shape index (κ2) is 6.75. The van der Waals surface area contributed by atoms with E-state index in [9.17, 15) is 0 Å². The molecule has 0 saturated carbocycles. The Balaban J connectivity index is 2.24. The van der Waals surface area contributed by atoms with E-state index in [-0.39, 0.29) is 0 Å². The molecule has 2 rings (SSSR count). The monoisotopic (exact) mass is 370 g/mol. The number of ether oxygens (including phenoxy) is 1. The maximum absolute atomic E-state index is 6.13. The second-order valence-electron chi connectivity index (χ2n) is 5.01. The van der Waals surface area contributed by atoms with Crippen molar-refractivity contribution in [1.82, 2.24) is 4.57 Å². The minimum atomic E-state index is 0.610. The first-order valence-corrected chi connectivity index (χ1v) is 8.08. The molecule has 0 amide bonds. The van der Waals surface area contributed by atoms with Crippen LogP contribution in [-0.4, -0.2) is 11.2 Å². The van der Waals surface area contributed by atoms with Crippen molar-refractivity contribution in [2.45, 2.75) is 27.3 Å². The number of hydrogen-bond donors (Lipinski definition) is 1. The summed E-state index contributed by atoms with van der Waals surface area (Å²) in [7, 11) is 2.08. The number of aromatic nitrogens is 1. The van der Waals surface area contributed by atoms with Crippen LogP contribution in [0.1, 0.15) is 23.9 Å². The summed E-state index contributed by atoms with van der Waals surface area (Å²) in [5, 5.41) is 4.10. The molecule has 21 heavy (non-hydrogen) atoms. The molecule has 0 fully saturated rings. The molecule has 1 aromatic carbocycles. The average Bonchev–Trinajstić information content (AvgIpc) is 2.67. The molecule has 1 aromatic heterocycles. The van der Waals surface area contributed by atoms with Gasteiger partial charge in [0.05, 0.1) is 16.8 Å². The number of anilines is 1. The topological polar surface area (TPSA) is 26.2 Å². The molecule has 0 atom stereocenters. The molecule has 0 aliphatic heterocycles. The van der Waals surface area contributed by atoms with Gasteiger partial charge < -0.3 is 14.6 Å². The van der Waals surface area contributed by atoms with E-state index in [2.05, 4.69) is 52.8 Å². The SMILES string of the molecule is CCOc1c(Br)cc(Cl)cc1NCc1cc(C)n(C)c1C. The number of halogens is 2. The lowest BCUT2D eigenvalue weighted by Crippen LogP contribution is -2.04. The summed E-state index contributed by atoms with van der Waals surface area (Å²) in [5.41, 5.74) is 4.69. The van der Waals surface area contributed by atoms with Gasteiger partial charge in [-0.05, 0) is 60.5 Å². The smallest absolute Gasteiger partial charge is 0.156 e. The Morgan fingerprint density at radius 2 is 2.00 bits per heavy atom. The summed E-state index contributed by atoms with van der Waals surface area (Å²) in [6, 6.07) is 5.93. The molecule has 0 radical (unpaired) electrons. The summed E-state index contributed by atoms with van der Waals surface area (Å²) >= 11 is 9.64. The third-order valence-electron chi connectivity index (χ3n) is 3.65. The largest absolute Gasteiger partial charge is 0.491 e. The first kappa shape index (κ1) is 16.2. The highest BCUT2D eigenvalue weighted by atomic mass is 79.9. The first-order chi connectivity index (χ1) is 9.93. The zero-order valence-corrected chi connectivity index (χ0v) is 15.1. The second-order valence-corrected chi connectivity index (χ2v) is 6.30. The Morgan fingerprint density at radius 3 is 2.57 bits per heavy atom. The first-order valence-electron chi connectivity index (χ1n) is 6.91. The molecule has 5 heteroatoms. The van der Waals surface area contributed by atoms with E-state index < -0.39 is 0 Å². The Labute approximate surface area is 139 Å². The van der Waals surface area contributed by atoms with Gasteiger partial charge in [-0.1, -0.05) is 11.6 Å². The van der Waals surface area contributed by atoms with E-state index in [4.69, 9.17) is 16.3 Å². The van der Waals surface area contributed by atoms with Gasteiger partial charge >= 0.3 is 0 Å². The fraction of sp³-hybridized carbons (Fsp3) is 0.375. The van der Waals surface area contributed by atoms with Crippen LogP contribution in [0.2, 0.25) is 5.02 Å². The summed E-state index contributed by atoms with van der Waals surface area (Å²) in [6.07, 6.45) is 0. The third kappa shape index (κ3) is 3.55. The van der Waals surface area contributed by atoms with Gasteiger partial charge in [0.1, 0.15) is 0 Å². The van der Waals surface area contributed by atoms with Crippen molar-refractivity contribution in [2.75, 3.05) is 11.9 Å². The lowest BCUT2D eigenvalue weighted by molar-refractivity contribution is 0.339. The molecule has 1 N–H and O–H groups in total. The Bertz CT molecular complexity index is 652. The molecule has 0 unspecified atom stereocenters. The molecule has 0 aliphatic carbocycles. The van der Waals surface area contributed by atoms with Crippen molar-refractivity contribution < 1.29 is 4.74 Å². The summed E-state index contributed by atoms with van der Waals surface area (Å²) < 4.78 is 8.75. The zero-order chi connectivity index (χ0) is 15.6. The van der Waals surface area contributed by atoms with E-state index in [1.165, 1.54) is 17.0 Å². The number of benzene rings is 1. The molecule has 0 saturated heterocycles. The molecule has 1 heterocycles. The van der Waals surface area contributed by atoms with Crippen LogP contribution in [0.4, 0.5) is 5.69 Å². The summed E-state index contributed by atoms with van der Waals surface area (Å²) in [5.74, 6) is 0.798. The van der Waals surface area contributed by atoms with Crippen LogP contribution in [0.25, 0.3) is 0 Å². The van der Waals surface area contributed by atoms with Crippen LogP contribution < -0.4 is 10.1 Å². The van der Waals surface area contributed by atoms with Crippen molar-refractivity contribution >= 4 is 33.2 Å². The molecule has 114 valence electrons.